The van der Waals surface area contributed by atoms with Crippen molar-refractivity contribution in [3.8, 4) is 10.8 Å². The third-order valence-corrected chi connectivity index (χ3v) is 3.64. The van der Waals surface area contributed by atoms with Crippen LogP contribution in [0, 0.1) is 0 Å². The molecule has 1 atom stereocenters. The van der Waals surface area contributed by atoms with Crippen LogP contribution in [0.4, 0.5) is 0 Å². The van der Waals surface area contributed by atoms with Crippen molar-refractivity contribution in [1.29, 1.82) is 0 Å². The molecule has 0 fully saturated rings. The van der Waals surface area contributed by atoms with Gasteiger partial charge in [0.2, 0.25) is 11.8 Å². The summed E-state index contributed by atoms with van der Waals surface area (Å²) in [4.78, 5) is 17.1. The third-order valence-electron chi connectivity index (χ3n) is 2.78. The van der Waals surface area contributed by atoms with Gasteiger partial charge in [0.25, 0.3) is 0 Å². The van der Waals surface area contributed by atoms with Gasteiger partial charge in [0, 0.05) is 12.6 Å². The number of carbonyl (C=O) groups excluding carboxylic acids is 1. The first kappa shape index (κ1) is 20.9. The number of hydrogen-bond donors (Lipinski definition) is 2. The van der Waals surface area contributed by atoms with Gasteiger partial charge in [-0.15, -0.1) is 36.2 Å². The number of likely N-dealkylation sites (N-methyl/N-ethyl adjacent to an activating group) is 1. The van der Waals surface area contributed by atoms with E-state index >= 15 is 0 Å². The quantitative estimate of drug-likeness (QED) is 0.791. The van der Waals surface area contributed by atoms with Crippen LogP contribution in [0.3, 0.4) is 0 Å². The zero-order valence-electron chi connectivity index (χ0n) is 12.5. The molecule has 0 aromatic carbocycles. The normalized spacial score (nSPS) is 11.2. The molecule has 0 aliphatic carbocycles. The first-order valence-corrected chi connectivity index (χ1v) is 7.55. The molecule has 0 unspecified atom stereocenters. The number of halogens is 2. The van der Waals surface area contributed by atoms with Gasteiger partial charge in [0.05, 0.1) is 17.0 Å². The maximum Gasteiger partial charge on any atom is 0.236 e. The van der Waals surface area contributed by atoms with Gasteiger partial charge in [0.15, 0.2) is 0 Å². The molecule has 0 bridgehead atoms. The Morgan fingerprint density at radius 1 is 1.45 bits per heavy atom. The molecule has 0 saturated carbocycles. The highest BCUT2D eigenvalue weighted by atomic mass is 35.5. The Hall–Kier alpha value is -1.08. The van der Waals surface area contributed by atoms with Crippen molar-refractivity contribution in [1.82, 2.24) is 15.6 Å². The van der Waals surface area contributed by atoms with E-state index in [4.69, 9.17) is 4.42 Å². The van der Waals surface area contributed by atoms with Crippen molar-refractivity contribution in [3.05, 3.63) is 29.5 Å². The maximum atomic E-state index is 11.8. The first-order chi connectivity index (χ1) is 9.69. The predicted molar refractivity (Wildman–Crippen MR) is 94.2 cm³/mol. The number of amides is 1. The van der Waals surface area contributed by atoms with Crippen molar-refractivity contribution in [3.63, 3.8) is 0 Å². The molecule has 1 amide bonds. The zero-order valence-corrected chi connectivity index (χ0v) is 14.9. The molecule has 5 nitrogen and oxygen atoms in total. The number of hydrogen-bond acceptors (Lipinski definition) is 5. The number of carbonyl (C=O) groups is 1. The summed E-state index contributed by atoms with van der Waals surface area (Å²) in [7, 11) is 0. The van der Waals surface area contributed by atoms with Crippen LogP contribution in [0.25, 0.3) is 10.8 Å². The van der Waals surface area contributed by atoms with E-state index in [1.54, 1.807) is 17.6 Å². The maximum absolute atomic E-state index is 11.8. The van der Waals surface area contributed by atoms with Gasteiger partial charge in [0.1, 0.15) is 6.26 Å². The van der Waals surface area contributed by atoms with Gasteiger partial charge in [-0.25, -0.2) is 4.98 Å². The van der Waals surface area contributed by atoms with Crippen LogP contribution in [0.5, 0.6) is 0 Å². The molecule has 22 heavy (non-hydrogen) atoms. The molecule has 8 heteroatoms. The Balaban J connectivity index is 0.00000220. The number of nitrogens with zero attached hydrogens (tertiary/aromatic N) is 1. The van der Waals surface area contributed by atoms with Gasteiger partial charge < -0.3 is 15.1 Å². The number of aromatic nitrogens is 1. The summed E-state index contributed by atoms with van der Waals surface area (Å²) < 4.78 is 5.38. The zero-order chi connectivity index (χ0) is 14.4. The van der Waals surface area contributed by atoms with E-state index in [1.807, 2.05) is 31.4 Å². The van der Waals surface area contributed by atoms with E-state index in [2.05, 4.69) is 15.6 Å². The van der Waals surface area contributed by atoms with E-state index in [0.717, 1.165) is 11.4 Å². The van der Waals surface area contributed by atoms with Gasteiger partial charge in [-0.2, -0.15) is 0 Å². The van der Waals surface area contributed by atoms with Crippen molar-refractivity contribution in [2.45, 2.75) is 26.3 Å². The van der Waals surface area contributed by atoms with Crippen LogP contribution in [-0.4, -0.2) is 30.0 Å². The van der Waals surface area contributed by atoms with Crippen molar-refractivity contribution in [2.24, 2.45) is 0 Å². The van der Waals surface area contributed by atoms with E-state index in [0.29, 0.717) is 18.1 Å². The van der Waals surface area contributed by atoms with E-state index in [-0.39, 0.29) is 43.2 Å². The molecular formula is C14H21Cl2N3O2S. The fourth-order valence-corrected chi connectivity index (χ4v) is 2.47. The third kappa shape index (κ3) is 6.36. The van der Waals surface area contributed by atoms with Crippen LogP contribution in [0.1, 0.15) is 19.5 Å². The average Bonchev–Trinajstić information content (AvgIpc) is 3.07. The van der Waals surface area contributed by atoms with Gasteiger partial charge in [-0.3, -0.25) is 4.79 Å². The Morgan fingerprint density at radius 3 is 2.86 bits per heavy atom. The molecule has 0 spiro atoms. The lowest BCUT2D eigenvalue weighted by Crippen LogP contribution is -2.39. The monoisotopic (exact) mass is 365 g/mol. The minimum atomic E-state index is -0.0409. The Kier molecular flexibility index (Phi) is 10.1. The lowest BCUT2D eigenvalue weighted by atomic mass is 10.3. The average molecular weight is 366 g/mol. The molecular weight excluding hydrogens is 345 g/mol. The first-order valence-electron chi connectivity index (χ1n) is 6.67. The summed E-state index contributed by atoms with van der Waals surface area (Å²) in [6.45, 7) is 5.58. The second kappa shape index (κ2) is 10.6. The van der Waals surface area contributed by atoms with Crippen LogP contribution >= 0.6 is 36.2 Å². The second-order valence-corrected chi connectivity index (χ2v) is 5.51. The highest BCUT2D eigenvalue weighted by molar-refractivity contribution is 7.13. The molecule has 0 radical (unpaired) electrons. The molecule has 2 heterocycles. The molecule has 0 aliphatic heterocycles. The summed E-state index contributed by atoms with van der Waals surface area (Å²) in [6, 6.07) is 4.15. The Bertz CT molecular complexity index is 546. The predicted octanol–water partition coefficient (Wildman–Crippen LogP) is 2.90. The summed E-state index contributed by atoms with van der Waals surface area (Å²) >= 11 is 1.56. The summed E-state index contributed by atoms with van der Waals surface area (Å²) in [5.41, 5.74) is 0.655. The minimum absolute atomic E-state index is 0. The number of rotatable bonds is 7. The summed E-state index contributed by atoms with van der Waals surface area (Å²) in [5, 5.41) is 8.09. The van der Waals surface area contributed by atoms with E-state index in [1.165, 1.54) is 0 Å². The molecule has 2 aromatic heterocycles. The van der Waals surface area contributed by atoms with Crippen LogP contribution in [0.2, 0.25) is 0 Å². The number of oxazole rings is 1. The van der Waals surface area contributed by atoms with Crippen LogP contribution in [-0.2, 0) is 11.2 Å². The lowest BCUT2D eigenvalue weighted by Gasteiger charge is -2.12. The molecule has 2 N–H and O–H groups in total. The molecule has 124 valence electrons. The lowest BCUT2D eigenvalue weighted by molar-refractivity contribution is -0.120. The number of thiophene rings is 1. The number of nitrogens with one attached hydrogen (secondary N) is 2. The highest BCUT2D eigenvalue weighted by Gasteiger charge is 2.11. The SMILES string of the molecule is CCN[C@H](C)CNC(=O)Cc1coc(-c2cccs2)n1.Cl.Cl. The minimum Gasteiger partial charge on any atom is -0.444 e. The van der Waals surface area contributed by atoms with E-state index < -0.39 is 0 Å². The van der Waals surface area contributed by atoms with Crippen molar-refractivity contribution < 1.29 is 9.21 Å². The summed E-state index contributed by atoms with van der Waals surface area (Å²) in [6.07, 6.45) is 1.79. The van der Waals surface area contributed by atoms with Crippen LogP contribution < -0.4 is 10.6 Å². The second-order valence-electron chi connectivity index (χ2n) is 4.56. The van der Waals surface area contributed by atoms with E-state index in [9.17, 15) is 4.79 Å². The van der Waals surface area contributed by atoms with Crippen LogP contribution in [0.15, 0.2) is 28.2 Å². The van der Waals surface area contributed by atoms with Gasteiger partial charge in [-0.1, -0.05) is 13.0 Å². The Labute approximate surface area is 146 Å². The summed E-state index contributed by atoms with van der Waals surface area (Å²) in [5.74, 6) is 0.532. The largest absolute Gasteiger partial charge is 0.444 e. The Morgan fingerprint density at radius 2 is 2.23 bits per heavy atom. The topological polar surface area (TPSA) is 67.2 Å². The van der Waals surface area contributed by atoms with Crippen molar-refractivity contribution >= 4 is 42.1 Å². The fraction of sp³-hybridized carbons (Fsp3) is 0.429. The standard InChI is InChI=1S/C14H19N3O2S.2ClH/c1-3-15-10(2)8-16-13(18)7-11-9-19-14(17-11)12-5-4-6-20-12;;/h4-6,9-10,15H,3,7-8H2,1-2H3,(H,16,18);2*1H/t10-;;/m1../s1. The molecule has 0 saturated heterocycles. The highest BCUT2D eigenvalue weighted by Crippen LogP contribution is 2.23. The fourth-order valence-electron chi connectivity index (χ4n) is 1.82. The smallest absolute Gasteiger partial charge is 0.236 e. The molecule has 2 rings (SSSR count). The molecule has 0 aliphatic rings. The van der Waals surface area contributed by atoms with Gasteiger partial charge in [-0.05, 0) is 24.9 Å². The van der Waals surface area contributed by atoms with Crippen molar-refractivity contribution in [2.75, 3.05) is 13.1 Å². The van der Waals surface area contributed by atoms with Gasteiger partial charge >= 0.3 is 0 Å². The molecule has 2 aromatic rings.